The summed E-state index contributed by atoms with van der Waals surface area (Å²) in [6.45, 7) is 8.06. The Hall–Kier alpha value is -2.23. The molecule has 0 aromatic carbocycles. The van der Waals surface area contributed by atoms with Crippen LogP contribution in [0.15, 0.2) is 24.4 Å². The summed E-state index contributed by atoms with van der Waals surface area (Å²) in [5.74, 6) is 0. The molecule has 0 spiro atoms. The number of aromatic nitrogens is 4. The van der Waals surface area contributed by atoms with E-state index in [2.05, 4.69) is 34.1 Å². The van der Waals surface area contributed by atoms with E-state index < -0.39 is 0 Å². The van der Waals surface area contributed by atoms with Gasteiger partial charge in [-0.3, -0.25) is 4.98 Å². The lowest BCUT2D eigenvalue weighted by Crippen LogP contribution is -1.99. The van der Waals surface area contributed by atoms with Gasteiger partial charge in [-0.15, -0.1) is 0 Å². The van der Waals surface area contributed by atoms with Gasteiger partial charge in [-0.2, -0.15) is 5.10 Å². The quantitative estimate of drug-likeness (QED) is 0.668. The van der Waals surface area contributed by atoms with Crippen LogP contribution in [0.25, 0.3) is 16.9 Å². The van der Waals surface area contributed by atoms with Crippen molar-refractivity contribution in [2.45, 2.75) is 27.7 Å². The van der Waals surface area contributed by atoms with Crippen LogP contribution >= 0.6 is 0 Å². The fraction of sp³-hybridized carbons (Fsp3) is 0.267. The van der Waals surface area contributed by atoms with Crippen LogP contribution in [0.3, 0.4) is 0 Å². The molecule has 4 heteroatoms. The predicted octanol–water partition coefficient (Wildman–Crippen LogP) is 3.02. The molecule has 0 aliphatic carbocycles. The third kappa shape index (κ3) is 1.89. The largest absolute Gasteiger partial charge is 0.261 e. The predicted molar refractivity (Wildman–Crippen MR) is 75.2 cm³/mol. The number of aryl methyl sites for hydroxylation is 4. The molecule has 19 heavy (non-hydrogen) atoms. The summed E-state index contributed by atoms with van der Waals surface area (Å²) in [5.41, 5.74) is 7.11. The minimum atomic E-state index is 0.915. The second kappa shape index (κ2) is 4.16. The molecule has 4 nitrogen and oxygen atoms in total. The van der Waals surface area contributed by atoms with Crippen LogP contribution in [-0.4, -0.2) is 19.6 Å². The molecule has 0 aliphatic heterocycles. The van der Waals surface area contributed by atoms with Crippen LogP contribution in [-0.2, 0) is 0 Å². The van der Waals surface area contributed by atoms with Gasteiger partial charge in [0.25, 0.3) is 0 Å². The number of fused-ring (bicyclic) bond motifs is 1. The van der Waals surface area contributed by atoms with Crippen molar-refractivity contribution < 1.29 is 0 Å². The number of hydrogen-bond acceptors (Lipinski definition) is 3. The maximum atomic E-state index is 4.63. The normalized spacial score (nSPS) is 11.2. The SMILES string of the molecule is Cc1ccc(-c2c(C)nc3c(C)cc(C)nn23)cn1. The van der Waals surface area contributed by atoms with Gasteiger partial charge in [-0.1, -0.05) is 0 Å². The summed E-state index contributed by atoms with van der Waals surface area (Å²) in [5, 5.41) is 4.58. The van der Waals surface area contributed by atoms with E-state index in [1.807, 2.05) is 37.5 Å². The zero-order chi connectivity index (χ0) is 13.6. The van der Waals surface area contributed by atoms with E-state index in [9.17, 15) is 0 Å². The Morgan fingerprint density at radius 3 is 2.47 bits per heavy atom. The number of pyridine rings is 1. The van der Waals surface area contributed by atoms with E-state index in [-0.39, 0.29) is 0 Å². The first kappa shape index (κ1) is 11.8. The van der Waals surface area contributed by atoms with Gasteiger partial charge >= 0.3 is 0 Å². The molecule has 0 bridgehead atoms. The lowest BCUT2D eigenvalue weighted by Gasteiger charge is -2.04. The summed E-state index contributed by atoms with van der Waals surface area (Å²) >= 11 is 0. The number of nitrogens with zero attached hydrogens (tertiary/aromatic N) is 4. The van der Waals surface area contributed by atoms with Crippen molar-refractivity contribution in [1.82, 2.24) is 19.6 Å². The monoisotopic (exact) mass is 252 g/mol. The summed E-state index contributed by atoms with van der Waals surface area (Å²) in [6.07, 6.45) is 1.88. The molecule has 0 unspecified atom stereocenters. The van der Waals surface area contributed by atoms with Crippen LogP contribution in [0.1, 0.15) is 22.6 Å². The lowest BCUT2D eigenvalue weighted by atomic mass is 10.1. The standard InChI is InChI=1S/C15H16N4/c1-9-7-11(3)18-19-14(12(4)17-15(9)19)13-6-5-10(2)16-8-13/h5-8H,1-4H3. The molecular formula is C15H16N4. The van der Waals surface area contributed by atoms with Crippen molar-refractivity contribution in [3.05, 3.63) is 47.0 Å². The Bertz CT molecular complexity index is 754. The molecule has 0 saturated carbocycles. The third-order valence-corrected chi connectivity index (χ3v) is 3.25. The number of imidazole rings is 1. The van der Waals surface area contributed by atoms with Crippen LogP contribution in [0.2, 0.25) is 0 Å². The molecular weight excluding hydrogens is 236 g/mol. The van der Waals surface area contributed by atoms with Crippen LogP contribution in [0.5, 0.6) is 0 Å². The Kier molecular flexibility index (Phi) is 2.59. The first-order valence-electron chi connectivity index (χ1n) is 6.33. The van der Waals surface area contributed by atoms with Crippen molar-refractivity contribution >= 4 is 5.65 Å². The van der Waals surface area contributed by atoms with E-state index in [1.54, 1.807) is 0 Å². The average Bonchev–Trinajstić information content (AvgIpc) is 2.67. The summed E-state index contributed by atoms with van der Waals surface area (Å²) < 4.78 is 1.92. The highest BCUT2D eigenvalue weighted by Gasteiger charge is 2.14. The van der Waals surface area contributed by atoms with E-state index >= 15 is 0 Å². The molecule has 0 saturated heterocycles. The van der Waals surface area contributed by atoms with E-state index in [0.29, 0.717) is 0 Å². The molecule has 0 aliphatic rings. The molecule has 3 rings (SSSR count). The first-order valence-corrected chi connectivity index (χ1v) is 6.33. The molecule has 0 radical (unpaired) electrons. The Balaban J connectivity index is 2.34. The van der Waals surface area contributed by atoms with Gasteiger partial charge in [0.2, 0.25) is 0 Å². The first-order chi connectivity index (χ1) is 9.06. The van der Waals surface area contributed by atoms with Crippen LogP contribution in [0.4, 0.5) is 0 Å². The second-order valence-electron chi connectivity index (χ2n) is 4.94. The summed E-state index contributed by atoms with van der Waals surface area (Å²) in [4.78, 5) is 8.98. The van der Waals surface area contributed by atoms with Crippen molar-refractivity contribution in [1.29, 1.82) is 0 Å². The summed E-state index contributed by atoms with van der Waals surface area (Å²) in [6, 6.07) is 6.13. The third-order valence-electron chi connectivity index (χ3n) is 3.25. The van der Waals surface area contributed by atoms with E-state index in [4.69, 9.17) is 0 Å². The topological polar surface area (TPSA) is 43.1 Å². The van der Waals surface area contributed by atoms with Crippen molar-refractivity contribution in [3.63, 3.8) is 0 Å². The van der Waals surface area contributed by atoms with Gasteiger partial charge in [0, 0.05) is 17.5 Å². The minimum absolute atomic E-state index is 0.915. The fourth-order valence-electron chi connectivity index (χ4n) is 2.37. The Labute approximate surface area is 112 Å². The smallest absolute Gasteiger partial charge is 0.157 e. The maximum absolute atomic E-state index is 4.63. The van der Waals surface area contributed by atoms with E-state index in [1.165, 1.54) is 0 Å². The highest BCUT2D eigenvalue weighted by molar-refractivity contribution is 5.67. The molecule has 3 aromatic rings. The Morgan fingerprint density at radius 1 is 1.00 bits per heavy atom. The highest BCUT2D eigenvalue weighted by Crippen LogP contribution is 2.25. The second-order valence-corrected chi connectivity index (χ2v) is 4.94. The highest BCUT2D eigenvalue weighted by atomic mass is 15.3. The average molecular weight is 252 g/mol. The fourth-order valence-corrected chi connectivity index (χ4v) is 2.37. The number of rotatable bonds is 1. The van der Waals surface area contributed by atoms with Gasteiger partial charge < -0.3 is 0 Å². The van der Waals surface area contributed by atoms with Crippen LogP contribution < -0.4 is 0 Å². The van der Waals surface area contributed by atoms with Crippen LogP contribution in [0, 0.1) is 27.7 Å². The van der Waals surface area contributed by atoms with Gasteiger partial charge in [-0.05, 0) is 51.5 Å². The maximum Gasteiger partial charge on any atom is 0.157 e. The zero-order valence-electron chi connectivity index (χ0n) is 11.6. The molecule has 3 aromatic heterocycles. The van der Waals surface area contributed by atoms with Gasteiger partial charge in [0.15, 0.2) is 5.65 Å². The zero-order valence-corrected chi connectivity index (χ0v) is 11.6. The molecule has 3 heterocycles. The van der Waals surface area contributed by atoms with E-state index in [0.717, 1.165) is 39.5 Å². The molecule has 0 atom stereocenters. The molecule has 0 amide bonds. The van der Waals surface area contributed by atoms with Gasteiger partial charge in [0.1, 0.15) is 0 Å². The van der Waals surface area contributed by atoms with Gasteiger partial charge in [0.05, 0.1) is 17.1 Å². The molecule has 96 valence electrons. The van der Waals surface area contributed by atoms with Crippen molar-refractivity contribution in [3.8, 4) is 11.3 Å². The minimum Gasteiger partial charge on any atom is -0.261 e. The molecule has 0 N–H and O–H groups in total. The Morgan fingerprint density at radius 2 is 1.79 bits per heavy atom. The number of hydrogen-bond donors (Lipinski definition) is 0. The molecule has 0 fully saturated rings. The van der Waals surface area contributed by atoms with Crippen molar-refractivity contribution in [2.24, 2.45) is 0 Å². The van der Waals surface area contributed by atoms with Crippen molar-refractivity contribution in [2.75, 3.05) is 0 Å². The lowest BCUT2D eigenvalue weighted by molar-refractivity contribution is 0.897. The van der Waals surface area contributed by atoms with Gasteiger partial charge in [-0.25, -0.2) is 9.50 Å². The summed E-state index contributed by atoms with van der Waals surface area (Å²) in [7, 11) is 0.